The van der Waals surface area contributed by atoms with Crippen molar-refractivity contribution < 1.29 is 13.2 Å². The second kappa shape index (κ2) is 10.1. The van der Waals surface area contributed by atoms with Crippen LogP contribution in [0.4, 0.5) is 11.4 Å². The molecule has 34 heavy (non-hydrogen) atoms. The van der Waals surface area contributed by atoms with Crippen LogP contribution in [0, 0.1) is 5.92 Å². The van der Waals surface area contributed by atoms with Gasteiger partial charge >= 0.3 is 0 Å². The molecule has 0 aromatic heterocycles. The standard InChI is InChI=1S/C27H35N3O3S/c31-27(21-10-2-1-3-11-21)28-22-15-16-25(30-17-6-7-18-30)26(19-22)34(32,33)29-24-14-8-12-20-9-4-5-13-23(20)24/h4-5,9,13,15-16,19,21,24,29H,1-3,6-8,10-12,14,17-18H2,(H,28,31)/t24-/m1/s1. The van der Waals surface area contributed by atoms with Gasteiger partial charge in [0.25, 0.3) is 0 Å². The van der Waals surface area contributed by atoms with Gasteiger partial charge in [0.05, 0.1) is 5.69 Å². The number of anilines is 2. The lowest BCUT2D eigenvalue weighted by atomic mass is 9.88. The fraction of sp³-hybridized carbons (Fsp3) is 0.519. The Labute approximate surface area is 203 Å². The van der Waals surface area contributed by atoms with Crippen LogP contribution in [-0.4, -0.2) is 27.4 Å². The molecule has 0 unspecified atom stereocenters. The highest BCUT2D eigenvalue weighted by Gasteiger charge is 2.30. The molecule has 1 saturated carbocycles. The summed E-state index contributed by atoms with van der Waals surface area (Å²) in [6, 6.07) is 13.3. The quantitative estimate of drug-likeness (QED) is 0.597. The molecule has 182 valence electrons. The molecule has 3 aliphatic rings. The first-order chi connectivity index (χ1) is 16.5. The molecule has 0 spiro atoms. The zero-order valence-corrected chi connectivity index (χ0v) is 20.6. The van der Waals surface area contributed by atoms with Gasteiger partial charge in [0.15, 0.2) is 0 Å². The van der Waals surface area contributed by atoms with Gasteiger partial charge in [-0.25, -0.2) is 13.1 Å². The van der Waals surface area contributed by atoms with Crippen molar-refractivity contribution in [3.05, 3.63) is 53.6 Å². The van der Waals surface area contributed by atoms with Gasteiger partial charge in [-0.2, -0.15) is 0 Å². The van der Waals surface area contributed by atoms with Gasteiger partial charge in [-0.3, -0.25) is 4.79 Å². The van der Waals surface area contributed by atoms with Crippen LogP contribution >= 0.6 is 0 Å². The molecular weight excluding hydrogens is 446 g/mol. The van der Waals surface area contributed by atoms with Crippen LogP contribution in [0.25, 0.3) is 0 Å². The van der Waals surface area contributed by atoms with E-state index in [0.29, 0.717) is 5.69 Å². The zero-order chi connectivity index (χ0) is 23.5. The van der Waals surface area contributed by atoms with Crippen molar-refractivity contribution in [3.63, 3.8) is 0 Å². The van der Waals surface area contributed by atoms with Crippen LogP contribution in [0.5, 0.6) is 0 Å². The molecule has 1 amide bonds. The Hall–Kier alpha value is -2.38. The fourth-order valence-electron chi connectivity index (χ4n) is 5.76. The first-order valence-electron chi connectivity index (χ1n) is 12.8. The Kier molecular flexibility index (Phi) is 6.93. The monoisotopic (exact) mass is 481 g/mol. The fourth-order valence-corrected chi connectivity index (χ4v) is 7.26. The van der Waals surface area contributed by atoms with Crippen molar-refractivity contribution in [2.75, 3.05) is 23.3 Å². The van der Waals surface area contributed by atoms with Crippen LogP contribution < -0.4 is 14.9 Å². The van der Waals surface area contributed by atoms with E-state index in [4.69, 9.17) is 0 Å². The number of carbonyl (C=O) groups is 1. The van der Waals surface area contributed by atoms with Crippen molar-refractivity contribution in [2.24, 2.45) is 5.92 Å². The molecule has 0 radical (unpaired) electrons. The van der Waals surface area contributed by atoms with Crippen molar-refractivity contribution in [1.29, 1.82) is 0 Å². The number of amides is 1. The highest BCUT2D eigenvalue weighted by atomic mass is 32.2. The number of nitrogens with one attached hydrogen (secondary N) is 2. The van der Waals surface area contributed by atoms with Crippen LogP contribution in [0.15, 0.2) is 47.4 Å². The molecular formula is C27H35N3O3S. The molecule has 2 aromatic carbocycles. The minimum absolute atomic E-state index is 0.00568. The highest BCUT2D eigenvalue weighted by Crippen LogP contribution is 2.35. The molecule has 5 rings (SSSR count). The lowest BCUT2D eigenvalue weighted by Gasteiger charge is -2.28. The van der Waals surface area contributed by atoms with E-state index < -0.39 is 10.0 Å². The highest BCUT2D eigenvalue weighted by molar-refractivity contribution is 7.89. The summed E-state index contributed by atoms with van der Waals surface area (Å²) in [6.45, 7) is 1.70. The first kappa shape index (κ1) is 23.4. The number of hydrogen-bond donors (Lipinski definition) is 2. The SMILES string of the molecule is O=C(Nc1ccc(N2CCCC2)c(S(=O)(=O)N[C@@H]2CCCc3ccccc32)c1)C1CCCCC1. The molecule has 0 bridgehead atoms. The summed E-state index contributed by atoms with van der Waals surface area (Å²) >= 11 is 0. The summed E-state index contributed by atoms with van der Waals surface area (Å²) in [6.07, 6.45) is 10.0. The van der Waals surface area contributed by atoms with Crippen molar-refractivity contribution in [3.8, 4) is 0 Å². The van der Waals surface area contributed by atoms with Gasteiger partial charge in [0.1, 0.15) is 4.90 Å². The van der Waals surface area contributed by atoms with Gasteiger partial charge in [-0.15, -0.1) is 0 Å². The molecule has 1 aliphatic heterocycles. The van der Waals surface area contributed by atoms with Crippen LogP contribution in [-0.2, 0) is 21.2 Å². The number of benzene rings is 2. The van der Waals surface area contributed by atoms with Crippen molar-refractivity contribution in [2.45, 2.75) is 75.1 Å². The third-order valence-electron chi connectivity index (χ3n) is 7.61. The number of fused-ring (bicyclic) bond motifs is 1. The third kappa shape index (κ3) is 5.01. The second-order valence-corrected chi connectivity index (χ2v) is 11.6. The lowest BCUT2D eigenvalue weighted by Crippen LogP contribution is -2.32. The Morgan fingerprint density at radius 2 is 1.65 bits per heavy atom. The molecule has 1 heterocycles. The molecule has 1 atom stereocenters. The minimum atomic E-state index is -3.80. The number of aryl methyl sites for hydroxylation is 1. The summed E-state index contributed by atoms with van der Waals surface area (Å²) in [4.78, 5) is 15.2. The molecule has 2 aliphatic carbocycles. The maximum absolute atomic E-state index is 13.8. The van der Waals surface area contributed by atoms with Crippen LogP contribution in [0.3, 0.4) is 0 Å². The van der Waals surface area contributed by atoms with E-state index in [1.54, 1.807) is 6.07 Å². The Morgan fingerprint density at radius 3 is 2.44 bits per heavy atom. The molecule has 6 nitrogen and oxygen atoms in total. The summed E-state index contributed by atoms with van der Waals surface area (Å²) in [5.74, 6) is 0.0232. The third-order valence-corrected chi connectivity index (χ3v) is 9.11. The topological polar surface area (TPSA) is 78.5 Å². The molecule has 7 heteroatoms. The van der Waals surface area contributed by atoms with E-state index in [0.717, 1.165) is 82.1 Å². The van der Waals surface area contributed by atoms with E-state index in [2.05, 4.69) is 21.0 Å². The number of sulfonamides is 1. The van der Waals surface area contributed by atoms with E-state index in [9.17, 15) is 13.2 Å². The summed E-state index contributed by atoms with van der Waals surface area (Å²) in [5, 5.41) is 3.01. The Morgan fingerprint density at radius 1 is 0.882 bits per heavy atom. The zero-order valence-electron chi connectivity index (χ0n) is 19.8. The largest absolute Gasteiger partial charge is 0.370 e. The second-order valence-electron chi connectivity index (χ2n) is 9.97. The lowest BCUT2D eigenvalue weighted by molar-refractivity contribution is -0.120. The molecule has 2 fully saturated rings. The summed E-state index contributed by atoms with van der Waals surface area (Å²) < 4.78 is 30.6. The van der Waals surface area contributed by atoms with E-state index >= 15 is 0 Å². The van der Waals surface area contributed by atoms with Crippen molar-refractivity contribution in [1.82, 2.24) is 4.72 Å². The number of rotatable bonds is 6. The van der Waals surface area contributed by atoms with Gasteiger partial charge in [-0.1, -0.05) is 43.5 Å². The molecule has 2 aromatic rings. The van der Waals surface area contributed by atoms with Crippen LogP contribution in [0.1, 0.15) is 75.0 Å². The number of carbonyl (C=O) groups excluding carboxylic acids is 1. The van der Waals surface area contributed by atoms with Crippen LogP contribution in [0.2, 0.25) is 0 Å². The predicted molar refractivity (Wildman–Crippen MR) is 136 cm³/mol. The van der Waals surface area contributed by atoms with Gasteiger partial charge in [-0.05, 0) is 74.3 Å². The summed E-state index contributed by atoms with van der Waals surface area (Å²) in [5.41, 5.74) is 3.57. The van der Waals surface area contributed by atoms with Gasteiger partial charge in [0, 0.05) is 30.7 Å². The van der Waals surface area contributed by atoms with Crippen molar-refractivity contribution >= 4 is 27.3 Å². The minimum Gasteiger partial charge on any atom is -0.370 e. The first-order valence-corrected chi connectivity index (χ1v) is 14.3. The number of hydrogen-bond acceptors (Lipinski definition) is 4. The Bertz CT molecular complexity index is 1140. The maximum atomic E-state index is 13.8. The van der Waals surface area contributed by atoms with E-state index in [1.165, 1.54) is 12.0 Å². The smallest absolute Gasteiger partial charge is 0.243 e. The predicted octanol–water partition coefficient (Wildman–Crippen LogP) is 5.16. The molecule has 1 saturated heterocycles. The average molecular weight is 482 g/mol. The molecule has 2 N–H and O–H groups in total. The number of nitrogens with zero attached hydrogens (tertiary/aromatic N) is 1. The van der Waals surface area contributed by atoms with E-state index in [1.807, 2.05) is 30.3 Å². The maximum Gasteiger partial charge on any atom is 0.243 e. The summed E-state index contributed by atoms with van der Waals surface area (Å²) in [7, 11) is -3.80. The Balaban J connectivity index is 1.44. The van der Waals surface area contributed by atoms with Gasteiger partial charge < -0.3 is 10.2 Å². The van der Waals surface area contributed by atoms with Gasteiger partial charge in [0.2, 0.25) is 15.9 Å². The normalized spacial score (nSPS) is 21.3. The van der Waals surface area contributed by atoms with E-state index in [-0.39, 0.29) is 22.8 Å². The average Bonchev–Trinajstić information content (AvgIpc) is 3.39.